The number of amides is 1. The van der Waals surface area contributed by atoms with Crippen LogP contribution >= 0.6 is 39.0 Å². The number of nitrogens with zero attached hydrogens (tertiary/aromatic N) is 3. The van der Waals surface area contributed by atoms with Crippen LogP contribution in [0.4, 0.5) is 10.8 Å². The lowest BCUT2D eigenvalue weighted by molar-refractivity contribution is -0.114. The second kappa shape index (κ2) is 7.60. The Morgan fingerprint density at radius 3 is 2.65 bits per heavy atom. The summed E-state index contributed by atoms with van der Waals surface area (Å²) in [5, 5.41) is 10.6. The summed E-state index contributed by atoms with van der Waals surface area (Å²) in [6.45, 7) is -0.352. The minimum atomic E-state index is -3.62. The zero-order valence-electron chi connectivity index (χ0n) is 12.2. The first kappa shape index (κ1) is 18.2. The molecule has 2 rings (SSSR count). The first-order valence-corrected chi connectivity index (χ1v) is 10.9. The number of rotatable bonds is 6. The van der Waals surface area contributed by atoms with Gasteiger partial charge in [0.15, 0.2) is 4.34 Å². The molecule has 0 saturated heterocycles. The molecule has 1 N–H and O–H groups in total. The number of carbonyl (C=O) groups excluding carboxylic acids is 1. The molecule has 124 valence electrons. The van der Waals surface area contributed by atoms with Gasteiger partial charge < -0.3 is 0 Å². The molecule has 7 nitrogen and oxygen atoms in total. The summed E-state index contributed by atoms with van der Waals surface area (Å²) < 4.78 is 26.4. The van der Waals surface area contributed by atoms with Crippen LogP contribution in [0.15, 0.2) is 33.1 Å². The van der Waals surface area contributed by atoms with Crippen LogP contribution in [-0.2, 0) is 14.8 Å². The maximum Gasteiger partial charge on any atom is 0.246 e. The number of sulfonamides is 1. The second-order valence-electron chi connectivity index (χ2n) is 4.35. The quantitative estimate of drug-likeness (QED) is 0.551. The molecule has 23 heavy (non-hydrogen) atoms. The second-order valence-corrected chi connectivity index (χ2v) is 9.14. The van der Waals surface area contributed by atoms with Crippen molar-refractivity contribution >= 4 is 65.8 Å². The molecular weight excluding hydrogens is 424 g/mol. The average Bonchev–Trinajstić information content (AvgIpc) is 2.92. The fraction of sp³-hybridized carbons (Fsp3) is 0.250. The maximum atomic E-state index is 12.2. The van der Waals surface area contributed by atoms with Crippen molar-refractivity contribution in [1.29, 1.82) is 0 Å². The predicted molar refractivity (Wildman–Crippen MR) is 96.7 cm³/mol. The Morgan fingerprint density at radius 2 is 2.09 bits per heavy atom. The summed E-state index contributed by atoms with van der Waals surface area (Å²) in [6, 6.07) is 6.79. The van der Waals surface area contributed by atoms with Crippen LogP contribution in [0.3, 0.4) is 0 Å². The topological polar surface area (TPSA) is 92.3 Å². The smallest absolute Gasteiger partial charge is 0.246 e. The number of anilines is 2. The standard InChI is InChI=1S/C12H13BrN4O3S3/c1-21-12-16-15-11(22-12)14-10(18)7-17(23(2,19)20)9-6-4-3-5-8(9)13/h3-6H,7H2,1-2H3,(H,14,15,18). The fourth-order valence-electron chi connectivity index (χ4n) is 1.67. The van der Waals surface area contributed by atoms with E-state index in [0.717, 1.165) is 10.6 Å². The van der Waals surface area contributed by atoms with Gasteiger partial charge in [0.2, 0.25) is 21.1 Å². The summed E-state index contributed by atoms with van der Waals surface area (Å²) in [5.74, 6) is -0.491. The van der Waals surface area contributed by atoms with Gasteiger partial charge in [-0.25, -0.2) is 8.42 Å². The number of nitrogens with one attached hydrogen (secondary N) is 1. The van der Waals surface area contributed by atoms with Gasteiger partial charge in [-0.1, -0.05) is 35.2 Å². The molecule has 0 radical (unpaired) electrons. The van der Waals surface area contributed by atoms with E-state index in [2.05, 4.69) is 31.4 Å². The van der Waals surface area contributed by atoms with Crippen LogP contribution < -0.4 is 9.62 Å². The number of hydrogen-bond donors (Lipinski definition) is 1. The number of benzene rings is 1. The zero-order valence-corrected chi connectivity index (χ0v) is 16.2. The van der Waals surface area contributed by atoms with Crippen molar-refractivity contribution in [3.63, 3.8) is 0 Å². The Kier molecular flexibility index (Phi) is 6.00. The molecule has 2 aromatic rings. The highest BCUT2D eigenvalue weighted by atomic mass is 79.9. The van der Waals surface area contributed by atoms with Crippen LogP contribution in [-0.4, -0.2) is 43.6 Å². The molecule has 0 saturated carbocycles. The fourth-order valence-corrected chi connectivity index (χ4v) is 4.34. The van der Waals surface area contributed by atoms with Crippen LogP contribution in [0.1, 0.15) is 0 Å². The first-order chi connectivity index (χ1) is 10.8. The van der Waals surface area contributed by atoms with E-state index in [1.54, 1.807) is 24.3 Å². The first-order valence-electron chi connectivity index (χ1n) is 6.21. The number of para-hydroxylation sites is 1. The van der Waals surface area contributed by atoms with Crippen molar-refractivity contribution in [2.24, 2.45) is 0 Å². The molecule has 0 fully saturated rings. The van der Waals surface area contributed by atoms with Crippen LogP contribution in [0.25, 0.3) is 0 Å². The molecule has 1 heterocycles. The van der Waals surface area contributed by atoms with Gasteiger partial charge in [0.1, 0.15) is 6.54 Å². The highest BCUT2D eigenvalue weighted by molar-refractivity contribution is 9.10. The van der Waals surface area contributed by atoms with Crippen molar-refractivity contribution in [3.8, 4) is 0 Å². The molecule has 0 aliphatic heterocycles. The van der Waals surface area contributed by atoms with Gasteiger partial charge in [-0.3, -0.25) is 14.4 Å². The van der Waals surface area contributed by atoms with E-state index in [9.17, 15) is 13.2 Å². The van der Waals surface area contributed by atoms with Gasteiger partial charge >= 0.3 is 0 Å². The Morgan fingerprint density at radius 1 is 1.39 bits per heavy atom. The average molecular weight is 437 g/mol. The maximum absolute atomic E-state index is 12.2. The van der Waals surface area contributed by atoms with E-state index < -0.39 is 15.9 Å². The summed E-state index contributed by atoms with van der Waals surface area (Å²) in [7, 11) is -3.62. The van der Waals surface area contributed by atoms with E-state index >= 15 is 0 Å². The van der Waals surface area contributed by atoms with Crippen molar-refractivity contribution < 1.29 is 13.2 Å². The van der Waals surface area contributed by atoms with Gasteiger partial charge in [-0.05, 0) is 34.3 Å². The van der Waals surface area contributed by atoms with E-state index in [4.69, 9.17) is 0 Å². The lowest BCUT2D eigenvalue weighted by atomic mass is 10.3. The third-order valence-electron chi connectivity index (χ3n) is 2.64. The van der Waals surface area contributed by atoms with Crippen molar-refractivity contribution in [1.82, 2.24) is 10.2 Å². The highest BCUT2D eigenvalue weighted by Gasteiger charge is 2.23. The van der Waals surface area contributed by atoms with Crippen molar-refractivity contribution in [3.05, 3.63) is 28.7 Å². The Balaban J connectivity index is 2.18. The molecule has 0 aliphatic rings. The van der Waals surface area contributed by atoms with Crippen LogP contribution in [0, 0.1) is 0 Å². The predicted octanol–water partition coefficient (Wildman–Crippen LogP) is 2.43. The molecule has 11 heteroatoms. The summed E-state index contributed by atoms with van der Waals surface area (Å²) in [5.41, 5.74) is 0.396. The number of thioether (sulfide) groups is 1. The number of hydrogen-bond acceptors (Lipinski definition) is 7. The number of halogens is 1. The number of aromatic nitrogens is 2. The van der Waals surface area contributed by atoms with Gasteiger partial charge in [0, 0.05) is 4.47 Å². The molecule has 0 unspecified atom stereocenters. The van der Waals surface area contributed by atoms with Crippen molar-refractivity contribution in [2.75, 3.05) is 28.7 Å². The number of carbonyl (C=O) groups is 1. The molecule has 0 bridgehead atoms. The summed E-state index contributed by atoms with van der Waals surface area (Å²) in [4.78, 5) is 12.2. The minimum absolute atomic E-state index is 0.333. The third kappa shape index (κ3) is 4.90. The normalized spacial score (nSPS) is 11.3. The van der Waals surface area contributed by atoms with E-state index in [1.165, 1.54) is 23.1 Å². The Hall–Kier alpha value is -1.17. The van der Waals surface area contributed by atoms with Gasteiger partial charge in [0.25, 0.3) is 0 Å². The van der Waals surface area contributed by atoms with Crippen LogP contribution in [0.2, 0.25) is 0 Å². The molecule has 0 atom stereocenters. The molecule has 1 amide bonds. The van der Waals surface area contributed by atoms with E-state index in [-0.39, 0.29) is 6.54 Å². The Labute approximate surface area is 150 Å². The third-order valence-corrected chi connectivity index (χ3v) is 6.25. The zero-order chi connectivity index (χ0) is 17.0. The van der Waals surface area contributed by atoms with Gasteiger partial charge in [-0.15, -0.1) is 10.2 Å². The van der Waals surface area contributed by atoms with Gasteiger partial charge in [-0.2, -0.15) is 0 Å². The molecule has 0 spiro atoms. The molecular formula is C12H13BrN4O3S3. The molecule has 1 aromatic heterocycles. The lowest BCUT2D eigenvalue weighted by Crippen LogP contribution is -2.37. The SMILES string of the molecule is CSc1nnc(NC(=O)CN(c2ccccc2Br)S(C)(=O)=O)s1. The minimum Gasteiger partial charge on any atom is -0.299 e. The van der Waals surface area contributed by atoms with E-state index in [0.29, 0.717) is 19.6 Å². The monoisotopic (exact) mass is 436 g/mol. The molecule has 1 aromatic carbocycles. The van der Waals surface area contributed by atoms with E-state index in [1.807, 2.05) is 6.26 Å². The van der Waals surface area contributed by atoms with Crippen molar-refractivity contribution in [2.45, 2.75) is 4.34 Å². The largest absolute Gasteiger partial charge is 0.299 e. The lowest BCUT2D eigenvalue weighted by Gasteiger charge is -2.22. The highest BCUT2D eigenvalue weighted by Crippen LogP contribution is 2.28. The van der Waals surface area contributed by atoms with Crippen LogP contribution in [0.5, 0.6) is 0 Å². The summed E-state index contributed by atoms with van der Waals surface area (Å²) in [6.07, 6.45) is 2.90. The molecule has 0 aliphatic carbocycles. The Bertz CT molecular complexity index is 809. The summed E-state index contributed by atoms with van der Waals surface area (Å²) >= 11 is 5.94. The van der Waals surface area contributed by atoms with Gasteiger partial charge in [0.05, 0.1) is 11.9 Å².